The number of ketones is 1. The Kier molecular flexibility index (Phi) is 6.41. The maximum Gasteiger partial charge on any atom is 0.319 e. The lowest BCUT2D eigenvalue weighted by atomic mass is 9.75. The Morgan fingerprint density at radius 2 is 1.86 bits per heavy atom. The molecule has 36 heavy (non-hydrogen) atoms. The molecule has 3 aliphatic carbocycles. The first kappa shape index (κ1) is 24.6. The molecule has 1 aromatic heterocycles. The van der Waals surface area contributed by atoms with Crippen LogP contribution < -0.4 is 16.8 Å². The minimum absolute atomic E-state index is 0.0891. The molecule has 0 atom stereocenters. The Morgan fingerprint density at radius 3 is 2.56 bits per heavy atom. The molecule has 8 nitrogen and oxygen atoms in total. The highest BCUT2D eigenvalue weighted by molar-refractivity contribution is 6.01. The number of amides is 1. The topological polar surface area (TPSA) is 129 Å². The highest BCUT2D eigenvalue weighted by Crippen LogP contribution is 2.43. The lowest BCUT2D eigenvalue weighted by Gasteiger charge is -2.31. The fourth-order valence-corrected chi connectivity index (χ4v) is 6.32. The monoisotopic (exact) mass is 492 g/mol. The molecule has 1 heterocycles. The molecule has 192 valence electrons. The van der Waals surface area contributed by atoms with Gasteiger partial charge in [0.2, 0.25) is 0 Å². The van der Waals surface area contributed by atoms with Crippen molar-refractivity contribution >= 4 is 23.3 Å². The fourth-order valence-electron chi connectivity index (χ4n) is 6.32. The third-order valence-electron chi connectivity index (χ3n) is 7.91. The van der Waals surface area contributed by atoms with Gasteiger partial charge in [0.1, 0.15) is 6.10 Å². The van der Waals surface area contributed by atoms with Gasteiger partial charge in [-0.25, -0.2) is 0 Å². The van der Waals surface area contributed by atoms with Crippen molar-refractivity contribution in [2.75, 3.05) is 11.9 Å². The number of nitrogens with zero attached hydrogens (tertiary/aromatic N) is 1. The number of benzene rings is 1. The predicted octanol–water partition coefficient (Wildman–Crippen LogP) is 3.45. The van der Waals surface area contributed by atoms with Gasteiger partial charge in [0.05, 0.1) is 12.1 Å². The number of ether oxygens (including phenoxy) is 1. The molecule has 0 spiro atoms. The second-order valence-corrected chi connectivity index (χ2v) is 11.3. The van der Waals surface area contributed by atoms with Crippen LogP contribution in [0.5, 0.6) is 0 Å². The lowest BCUT2D eigenvalue weighted by Crippen LogP contribution is -2.33. The third kappa shape index (κ3) is 4.54. The number of hydrogen-bond donors (Lipinski definition) is 3. The fraction of sp³-hybridized carbons (Fsp3) is 0.536. The summed E-state index contributed by atoms with van der Waals surface area (Å²) in [5.41, 5.74) is 17.6. The van der Waals surface area contributed by atoms with Gasteiger partial charge in [0.15, 0.2) is 5.78 Å². The number of Topliss-reactive ketones (excluding diaryl/α,β-unsaturated/α-hetero) is 1. The lowest BCUT2D eigenvalue weighted by molar-refractivity contribution is -0.148. The van der Waals surface area contributed by atoms with Crippen LogP contribution in [0.3, 0.4) is 0 Å². The highest BCUT2D eigenvalue weighted by Gasteiger charge is 2.39. The molecule has 0 unspecified atom stereocenters. The molecule has 0 saturated heterocycles. The van der Waals surface area contributed by atoms with Gasteiger partial charge in [-0.3, -0.25) is 14.4 Å². The molecule has 0 aliphatic heterocycles. The number of rotatable bonds is 6. The SMILES string of the molecule is CC1(C)CC(=O)c2c3c(n(-c4ccc(C(N)=O)c(N[C@H]5CC[C@H](OC(=O)CN)CC5)c4)c2C1)CCC3. The van der Waals surface area contributed by atoms with E-state index in [1.807, 2.05) is 12.1 Å². The molecular weight excluding hydrogens is 456 g/mol. The van der Waals surface area contributed by atoms with Gasteiger partial charge < -0.3 is 26.1 Å². The molecule has 5 N–H and O–H groups in total. The number of nitrogens with one attached hydrogen (secondary N) is 1. The summed E-state index contributed by atoms with van der Waals surface area (Å²) in [4.78, 5) is 37.0. The van der Waals surface area contributed by atoms with E-state index in [2.05, 4.69) is 23.7 Å². The van der Waals surface area contributed by atoms with Crippen LogP contribution in [0.4, 0.5) is 5.69 Å². The van der Waals surface area contributed by atoms with Crippen LogP contribution in [0.15, 0.2) is 18.2 Å². The van der Waals surface area contributed by atoms with Gasteiger partial charge >= 0.3 is 5.97 Å². The van der Waals surface area contributed by atoms with Crippen molar-refractivity contribution < 1.29 is 19.1 Å². The van der Waals surface area contributed by atoms with Crippen LogP contribution in [-0.4, -0.2) is 40.9 Å². The summed E-state index contributed by atoms with van der Waals surface area (Å²) in [6.07, 6.45) is 7.34. The molecule has 1 saturated carbocycles. The standard InChI is InChI=1S/C28H36N4O4/c1-28(2)13-23-26(24(33)14-28)20-4-3-5-22(20)32(23)17-8-11-19(27(30)35)21(12-17)31-16-6-9-18(10-7-16)36-25(34)15-29/h8,11-12,16,18,31H,3-7,9-10,13-15,29H2,1-2H3,(H2,30,35)/t16-,18-. The van der Waals surface area contributed by atoms with Gasteiger partial charge in [-0.15, -0.1) is 0 Å². The first-order chi connectivity index (χ1) is 17.2. The van der Waals surface area contributed by atoms with Crippen molar-refractivity contribution in [3.63, 3.8) is 0 Å². The zero-order valence-electron chi connectivity index (χ0n) is 21.2. The van der Waals surface area contributed by atoms with Gasteiger partial charge in [-0.05, 0) is 80.5 Å². The third-order valence-corrected chi connectivity index (χ3v) is 7.91. The maximum atomic E-state index is 13.2. The van der Waals surface area contributed by atoms with Gasteiger partial charge in [0, 0.05) is 40.8 Å². The summed E-state index contributed by atoms with van der Waals surface area (Å²) < 4.78 is 7.67. The van der Waals surface area contributed by atoms with E-state index < -0.39 is 5.91 Å². The van der Waals surface area contributed by atoms with Crippen LogP contribution in [0.2, 0.25) is 0 Å². The Balaban J connectivity index is 1.46. The van der Waals surface area contributed by atoms with Crippen LogP contribution in [0.1, 0.15) is 90.0 Å². The maximum absolute atomic E-state index is 13.2. The minimum Gasteiger partial charge on any atom is -0.461 e. The molecule has 0 bridgehead atoms. The van der Waals surface area contributed by atoms with E-state index in [4.69, 9.17) is 16.2 Å². The smallest absolute Gasteiger partial charge is 0.319 e. The quantitative estimate of drug-likeness (QED) is 0.530. The number of hydrogen-bond acceptors (Lipinski definition) is 6. The summed E-state index contributed by atoms with van der Waals surface area (Å²) >= 11 is 0. The molecule has 5 rings (SSSR count). The van der Waals surface area contributed by atoms with E-state index >= 15 is 0 Å². The summed E-state index contributed by atoms with van der Waals surface area (Å²) in [6.45, 7) is 4.20. The number of carbonyl (C=O) groups is 3. The van der Waals surface area contributed by atoms with Crippen molar-refractivity contribution in [2.24, 2.45) is 16.9 Å². The largest absolute Gasteiger partial charge is 0.461 e. The summed E-state index contributed by atoms with van der Waals surface area (Å²) in [5, 5.41) is 3.55. The average Bonchev–Trinajstić information content (AvgIpc) is 3.39. The van der Waals surface area contributed by atoms with Crippen molar-refractivity contribution in [1.82, 2.24) is 4.57 Å². The van der Waals surface area contributed by atoms with Crippen LogP contribution in [0.25, 0.3) is 5.69 Å². The van der Waals surface area contributed by atoms with E-state index in [0.717, 1.165) is 68.3 Å². The van der Waals surface area contributed by atoms with Gasteiger partial charge in [-0.2, -0.15) is 0 Å². The first-order valence-corrected chi connectivity index (χ1v) is 13.1. The number of esters is 1. The Labute approximate surface area is 211 Å². The number of carbonyl (C=O) groups excluding carboxylic acids is 3. The van der Waals surface area contributed by atoms with E-state index in [0.29, 0.717) is 17.7 Å². The zero-order chi connectivity index (χ0) is 25.6. The van der Waals surface area contributed by atoms with E-state index in [1.54, 1.807) is 6.07 Å². The number of anilines is 1. The number of aromatic nitrogens is 1. The second kappa shape index (κ2) is 9.39. The van der Waals surface area contributed by atoms with E-state index in [1.165, 1.54) is 11.3 Å². The van der Waals surface area contributed by atoms with Crippen LogP contribution in [-0.2, 0) is 28.8 Å². The first-order valence-electron chi connectivity index (χ1n) is 13.1. The molecule has 1 aromatic carbocycles. The highest BCUT2D eigenvalue weighted by atomic mass is 16.5. The summed E-state index contributed by atoms with van der Waals surface area (Å²) in [5.74, 6) is -0.609. The van der Waals surface area contributed by atoms with Gasteiger partial charge in [0.25, 0.3) is 5.91 Å². The van der Waals surface area contributed by atoms with Crippen molar-refractivity contribution in [1.29, 1.82) is 0 Å². The molecule has 0 radical (unpaired) electrons. The molecule has 1 amide bonds. The Morgan fingerprint density at radius 1 is 1.11 bits per heavy atom. The van der Waals surface area contributed by atoms with Gasteiger partial charge in [-0.1, -0.05) is 13.8 Å². The van der Waals surface area contributed by atoms with Crippen molar-refractivity contribution in [2.45, 2.75) is 83.8 Å². The summed E-state index contributed by atoms with van der Waals surface area (Å²) in [6, 6.07) is 5.87. The Bertz CT molecular complexity index is 1220. The number of nitrogens with two attached hydrogens (primary N) is 2. The second-order valence-electron chi connectivity index (χ2n) is 11.3. The molecule has 2 aromatic rings. The van der Waals surface area contributed by atoms with Crippen molar-refractivity contribution in [3.05, 3.63) is 46.3 Å². The van der Waals surface area contributed by atoms with Crippen molar-refractivity contribution in [3.8, 4) is 5.69 Å². The molecule has 3 aliphatic rings. The van der Waals surface area contributed by atoms with E-state index in [9.17, 15) is 14.4 Å². The van der Waals surface area contributed by atoms with Crippen LogP contribution >= 0.6 is 0 Å². The average molecular weight is 493 g/mol. The number of fused-ring (bicyclic) bond motifs is 3. The molecular formula is C28H36N4O4. The molecule has 8 heteroatoms. The summed E-state index contributed by atoms with van der Waals surface area (Å²) in [7, 11) is 0. The minimum atomic E-state index is -0.481. The van der Waals surface area contributed by atoms with E-state index in [-0.39, 0.29) is 35.9 Å². The normalized spacial score (nSPS) is 22.6. The Hall–Kier alpha value is -3.13. The molecule has 1 fully saturated rings. The number of primary amides is 1. The predicted molar refractivity (Wildman–Crippen MR) is 138 cm³/mol. The van der Waals surface area contributed by atoms with Crippen LogP contribution in [0, 0.1) is 5.41 Å². The zero-order valence-corrected chi connectivity index (χ0v) is 21.2.